The minimum absolute atomic E-state index is 0.173. The summed E-state index contributed by atoms with van der Waals surface area (Å²) >= 11 is 0. The van der Waals surface area contributed by atoms with E-state index < -0.39 is 0 Å². The Morgan fingerprint density at radius 2 is 2.04 bits per heavy atom. The summed E-state index contributed by atoms with van der Waals surface area (Å²) in [6.07, 6.45) is 1.45. The smallest absolute Gasteiger partial charge is 0.222 e. The number of ether oxygens (including phenoxy) is 1. The summed E-state index contributed by atoms with van der Waals surface area (Å²) in [7, 11) is 3.87. The van der Waals surface area contributed by atoms with E-state index in [1.165, 1.54) is 0 Å². The van der Waals surface area contributed by atoms with E-state index in [2.05, 4.69) is 27.4 Å². The van der Waals surface area contributed by atoms with Crippen molar-refractivity contribution >= 4 is 16.9 Å². The predicted octanol–water partition coefficient (Wildman–Crippen LogP) is 2.03. The highest BCUT2D eigenvalue weighted by Gasteiger charge is 2.19. The molecule has 3 rings (SSSR count). The summed E-state index contributed by atoms with van der Waals surface area (Å²) < 4.78 is 7.46. The van der Waals surface area contributed by atoms with E-state index in [1.807, 2.05) is 32.3 Å². The van der Waals surface area contributed by atoms with Crippen LogP contribution in [0, 0.1) is 0 Å². The molecule has 1 aliphatic rings. The minimum Gasteiger partial charge on any atom is -0.379 e. The topological polar surface area (TPSA) is 50.6 Å². The van der Waals surface area contributed by atoms with Crippen LogP contribution in [0.4, 0.5) is 0 Å². The van der Waals surface area contributed by atoms with E-state index in [0.717, 1.165) is 49.6 Å². The van der Waals surface area contributed by atoms with Crippen LogP contribution in [-0.2, 0) is 23.1 Å². The molecule has 136 valence electrons. The molecule has 1 aromatic carbocycles. The highest BCUT2D eigenvalue weighted by molar-refractivity contribution is 5.77. The normalized spacial score (nSPS) is 16.9. The maximum Gasteiger partial charge on any atom is 0.222 e. The molecule has 6 heteroatoms. The number of morpholine rings is 1. The Balaban J connectivity index is 1.54. The predicted molar refractivity (Wildman–Crippen MR) is 98.3 cm³/mol. The lowest BCUT2D eigenvalue weighted by Gasteiger charge is -2.32. The SMILES string of the molecule is CC(CCC(=O)N(C)Cc1nc2ccccc2n1C)N1CCOCC1. The lowest BCUT2D eigenvalue weighted by molar-refractivity contribution is -0.131. The van der Waals surface area contributed by atoms with E-state index >= 15 is 0 Å². The van der Waals surface area contributed by atoms with E-state index in [4.69, 9.17) is 4.74 Å². The fourth-order valence-electron chi connectivity index (χ4n) is 3.36. The van der Waals surface area contributed by atoms with Gasteiger partial charge in [0.15, 0.2) is 0 Å². The van der Waals surface area contributed by atoms with Crippen LogP contribution in [0.3, 0.4) is 0 Å². The number of carbonyl (C=O) groups excluding carboxylic acids is 1. The van der Waals surface area contributed by atoms with Gasteiger partial charge in [0.1, 0.15) is 5.82 Å². The molecule has 6 nitrogen and oxygen atoms in total. The van der Waals surface area contributed by atoms with Crippen molar-refractivity contribution in [2.45, 2.75) is 32.4 Å². The van der Waals surface area contributed by atoms with Gasteiger partial charge in [0.05, 0.1) is 30.8 Å². The number of carbonyl (C=O) groups is 1. The zero-order valence-electron chi connectivity index (χ0n) is 15.4. The first kappa shape index (κ1) is 17.9. The van der Waals surface area contributed by atoms with Gasteiger partial charge in [0.2, 0.25) is 5.91 Å². The first-order valence-electron chi connectivity index (χ1n) is 9.02. The first-order valence-corrected chi connectivity index (χ1v) is 9.02. The molecule has 2 heterocycles. The Morgan fingerprint density at radius 3 is 2.76 bits per heavy atom. The Labute approximate surface area is 149 Å². The Bertz CT molecular complexity index is 721. The number of nitrogens with zero attached hydrogens (tertiary/aromatic N) is 4. The van der Waals surface area contributed by atoms with Gasteiger partial charge in [0, 0.05) is 39.6 Å². The monoisotopic (exact) mass is 344 g/mol. The number of benzene rings is 1. The summed E-state index contributed by atoms with van der Waals surface area (Å²) in [5, 5.41) is 0. The number of para-hydroxylation sites is 2. The highest BCUT2D eigenvalue weighted by atomic mass is 16.5. The fourth-order valence-corrected chi connectivity index (χ4v) is 3.36. The van der Waals surface area contributed by atoms with E-state index in [-0.39, 0.29) is 5.91 Å². The second kappa shape index (κ2) is 7.97. The third-order valence-electron chi connectivity index (χ3n) is 5.13. The number of amides is 1. The van der Waals surface area contributed by atoms with Gasteiger partial charge in [-0.3, -0.25) is 9.69 Å². The van der Waals surface area contributed by atoms with Gasteiger partial charge in [0.25, 0.3) is 0 Å². The van der Waals surface area contributed by atoms with Gasteiger partial charge >= 0.3 is 0 Å². The molecule has 1 atom stereocenters. The zero-order chi connectivity index (χ0) is 17.8. The summed E-state index contributed by atoms with van der Waals surface area (Å²) in [5.41, 5.74) is 2.07. The number of hydrogen-bond acceptors (Lipinski definition) is 4. The van der Waals surface area contributed by atoms with Crippen molar-refractivity contribution in [3.8, 4) is 0 Å². The van der Waals surface area contributed by atoms with Crippen molar-refractivity contribution in [3.05, 3.63) is 30.1 Å². The van der Waals surface area contributed by atoms with E-state index in [1.54, 1.807) is 4.90 Å². The molecule has 25 heavy (non-hydrogen) atoms. The lowest BCUT2D eigenvalue weighted by Crippen LogP contribution is -2.42. The molecule has 0 spiro atoms. The number of rotatable bonds is 6. The van der Waals surface area contributed by atoms with Gasteiger partial charge in [-0.1, -0.05) is 12.1 Å². The number of fused-ring (bicyclic) bond motifs is 1. The summed E-state index contributed by atoms with van der Waals surface area (Å²) in [6, 6.07) is 8.47. The molecule has 1 unspecified atom stereocenters. The van der Waals surface area contributed by atoms with Crippen LogP contribution in [0.5, 0.6) is 0 Å². The second-order valence-electron chi connectivity index (χ2n) is 6.86. The lowest BCUT2D eigenvalue weighted by atomic mass is 10.1. The van der Waals surface area contributed by atoms with Gasteiger partial charge in [-0.2, -0.15) is 0 Å². The van der Waals surface area contributed by atoms with Crippen LogP contribution in [-0.4, -0.2) is 64.7 Å². The highest BCUT2D eigenvalue weighted by Crippen LogP contribution is 2.16. The van der Waals surface area contributed by atoms with Crippen LogP contribution < -0.4 is 0 Å². The average Bonchev–Trinajstić information content (AvgIpc) is 2.96. The Morgan fingerprint density at radius 1 is 1.32 bits per heavy atom. The molecule has 0 aliphatic carbocycles. The molecular formula is C19H28N4O2. The molecular weight excluding hydrogens is 316 g/mol. The third kappa shape index (κ3) is 4.19. The quantitative estimate of drug-likeness (QED) is 0.805. The average molecular weight is 344 g/mol. The van der Waals surface area contributed by atoms with Gasteiger partial charge in [-0.25, -0.2) is 4.98 Å². The minimum atomic E-state index is 0.173. The fraction of sp³-hybridized carbons (Fsp3) is 0.579. The van der Waals surface area contributed by atoms with Gasteiger partial charge in [-0.15, -0.1) is 0 Å². The van der Waals surface area contributed by atoms with Crippen molar-refractivity contribution in [2.24, 2.45) is 7.05 Å². The molecule has 1 amide bonds. The van der Waals surface area contributed by atoms with Crippen molar-refractivity contribution in [1.82, 2.24) is 19.4 Å². The summed E-state index contributed by atoms with van der Waals surface area (Å²) in [5.74, 6) is 1.09. The third-order valence-corrected chi connectivity index (χ3v) is 5.13. The maximum atomic E-state index is 12.5. The molecule has 0 bridgehead atoms. The van der Waals surface area contributed by atoms with E-state index in [9.17, 15) is 4.79 Å². The van der Waals surface area contributed by atoms with Gasteiger partial charge in [-0.05, 0) is 25.5 Å². The largest absolute Gasteiger partial charge is 0.379 e. The zero-order valence-corrected chi connectivity index (χ0v) is 15.4. The van der Waals surface area contributed by atoms with Crippen molar-refractivity contribution in [3.63, 3.8) is 0 Å². The van der Waals surface area contributed by atoms with Crippen LogP contribution in [0.15, 0.2) is 24.3 Å². The van der Waals surface area contributed by atoms with Crippen molar-refractivity contribution in [1.29, 1.82) is 0 Å². The molecule has 2 aromatic rings. The number of imidazole rings is 1. The Kier molecular flexibility index (Phi) is 5.71. The Hall–Kier alpha value is -1.92. The van der Waals surface area contributed by atoms with Crippen molar-refractivity contribution in [2.75, 3.05) is 33.4 Å². The van der Waals surface area contributed by atoms with E-state index in [0.29, 0.717) is 19.0 Å². The summed E-state index contributed by atoms with van der Waals surface area (Å²) in [4.78, 5) is 21.3. The molecule has 0 radical (unpaired) electrons. The standard InChI is InChI=1S/C19H28N4O2/c1-15(23-10-12-25-13-11-23)8-9-19(24)21(2)14-18-20-16-6-4-5-7-17(16)22(18)3/h4-7,15H,8-14H2,1-3H3. The van der Waals surface area contributed by atoms with Crippen LogP contribution in [0.25, 0.3) is 11.0 Å². The number of aryl methyl sites for hydroxylation is 1. The van der Waals surface area contributed by atoms with Crippen LogP contribution in [0.1, 0.15) is 25.6 Å². The first-order chi connectivity index (χ1) is 12.1. The molecule has 0 saturated carbocycles. The summed E-state index contributed by atoms with van der Waals surface area (Å²) in [6.45, 7) is 6.26. The van der Waals surface area contributed by atoms with Crippen LogP contribution >= 0.6 is 0 Å². The van der Waals surface area contributed by atoms with Crippen LogP contribution in [0.2, 0.25) is 0 Å². The molecule has 1 aliphatic heterocycles. The second-order valence-corrected chi connectivity index (χ2v) is 6.86. The number of hydrogen-bond donors (Lipinski definition) is 0. The maximum absolute atomic E-state index is 12.5. The van der Waals surface area contributed by atoms with Gasteiger partial charge < -0.3 is 14.2 Å². The number of aromatic nitrogens is 2. The van der Waals surface area contributed by atoms with Crippen molar-refractivity contribution < 1.29 is 9.53 Å². The molecule has 1 fully saturated rings. The molecule has 0 N–H and O–H groups in total. The molecule has 1 saturated heterocycles. The molecule has 1 aromatic heterocycles.